The maximum absolute atomic E-state index is 11.4. The average Bonchev–Trinajstić information content (AvgIpc) is 2.83. The lowest BCUT2D eigenvalue weighted by Crippen LogP contribution is -2.15. The van der Waals surface area contributed by atoms with Gasteiger partial charge in [-0.2, -0.15) is 5.10 Å². The SMILES string of the molecule is Cc1cncc(-c2cc(C)c3ncc(C(N)=O)n3n2)c1. The normalized spacial score (nSPS) is 10.9. The zero-order valence-electron chi connectivity index (χ0n) is 11.2. The molecule has 0 atom stereocenters. The van der Waals surface area contributed by atoms with Crippen molar-refractivity contribution in [2.75, 3.05) is 0 Å². The van der Waals surface area contributed by atoms with Crippen LogP contribution in [0.15, 0.2) is 30.7 Å². The number of primary amides is 1. The summed E-state index contributed by atoms with van der Waals surface area (Å²) in [5.41, 5.74) is 9.81. The van der Waals surface area contributed by atoms with Crippen LogP contribution in [0.4, 0.5) is 0 Å². The van der Waals surface area contributed by atoms with E-state index in [4.69, 9.17) is 5.73 Å². The average molecular weight is 267 g/mol. The van der Waals surface area contributed by atoms with Crippen LogP contribution < -0.4 is 5.73 Å². The predicted octanol–water partition coefficient (Wildman–Crippen LogP) is 1.51. The molecule has 0 bridgehead atoms. The molecular weight excluding hydrogens is 254 g/mol. The summed E-state index contributed by atoms with van der Waals surface area (Å²) in [6.07, 6.45) is 4.96. The van der Waals surface area contributed by atoms with Crippen molar-refractivity contribution in [2.45, 2.75) is 13.8 Å². The highest BCUT2D eigenvalue weighted by atomic mass is 16.1. The van der Waals surface area contributed by atoms with Gasteiger partial charge in [0.05, 0.1) is 11.9 Å². The monoisotopic (exact) mass is 267 g/mol. The first-order valence-electron chi connectivity index (χ1n) is 6.13. The molecule has 6 nitrogen and oxygen atoms in total. The molecule has 3 heterocycles. The highest BCUT2D eigenvalue weighted by molar-refractivity contribution is 5.91. The Kier molecular flexibility index (Phi) is 2.71. The van der Waals surface area contributed by atoms with Gasteiger partial charge in [0.2, 0.25) is 0 Å². The largest absolute Gasteiger partial charge is 0.364 e. The maximum Gasteiger partial charge on any atom is 0.269 e. The van der Waals surface area contributed by atoms with Crippen LogP contribution in [0.1, 0.15) is 21.6 Å². The van der Waals surface area contributed by atoms with E-state index in [0.29, 0.717) is 5.65 Å². The van der Waals surface area contributed by atoms with Crippen molar-refractivity contribution >= 4 is 11.6 Å². The molecule has 0 saturated carbocycles. The van der Waals surface area contributed by atoms with Crippen LogP contribution in [-0.2, 0) is 0 Å². The van der Waals surface area contributed by atoms with E-state index in [1.54, 1.807) is 12.4 Å². The number of rotatable bonds is 2. The number of nitrogens with zero attached hydrogens (tertiary/aromatic N) is 4. The third kappa shape index (κ3) is 1.91. The van der Waals surface area contributed by atoms with Gasteiger partial charge in [0, 0.05) is 18.0 Å². The minimum atomic E-state index is -0.552. The summed E-state index contributed by atoms with van der Waals surface area (Å²) in [6, 6.07) is 3.91. The standard InChI is InChI=1S/C14H13N5O/c1-8-3-10(6-16-5-8)11-4-9(2)14-17-7-12(13(15)20)19(14)18-11/h3-7H,1-2H3,(H2,15,20). The van der Waals surface area contributed by atoms with E-state index in [1.165, 1.54) is 10.7 Å². The highest BCUT2D eigenvalue weighted by Crippen LogP contribution is 2.20. The number of nitrogens with two attached hydrogens (primary N) is 1. The lowest BCUT2D eigenvalue weighted by molar-refractivity contribution is 0.0993. The zero-order valence-corrected chi connectivity index (χ0v) is 11.2. The Morgan fingerprint density at radius 3 is 2.70 bits per heavy atom. The summed E-state index contributed by atoms with van der Waals surface area (Å²) in [4.78, 5) is 19.7. The Bertz CT molecular complexity index is 822. The van der Waals surface area contributed by atoms with Gasteiger partial charge in [-0.05, 0) is 37.1 Å². The fraction of sp³-hybridized carbons (Fsp3) is 0.143. The Morgan fingerprint density at radius 2 is 2.00 bits per heavy atom. The Morgan fingerprint density at radius 1 is 1.20 bits per heavy atom. The molecule has 3 aromatic rings. The molecule has 3 aromatic heterocycles. The first-order chi connectivity index (χ1) is 9.56. The topological polar surface area (TPSA) is 86.2 Å². The first kappa shape index (κ1) is 12.3. The van der Waals surface area contributed by atoms with Gasteiger partial charge in [0.1, 0.15) is 5.69 Å². The quantitative estimate of drug-likeness (QED) is 0.762. The third-order valence-electron chi connectivity index (χ3n) is 3.07. The van der Waals surface area contributed by atoms with E-state index in [-0.39, 0.29) is 5.69 Å². The first-order valence-corrected chi connectivity index (χ1v) is 6.13. The highest BCUT2D eigenvalue weighted by Gasteiger charge is 2.13. The van der Waals surface area contributed by atoms with Gasteiger partial charge in [-0.3, -0.25) is 9.78 Å². The van der Waals surface area contributed by atoms with E-state index < -0.39 is 5.91 Å². The second kappa shape index (κ2) is 4.41. The summed E-state index contributed by atoms with van der Waals surface area (Å²) >= 11 is 0. The Hall–Kier alpha value is -2.76. The fourth-order valence-corrected chi connectivity index (χ4v) is 2.13. The lowest BCUT2D eigenvalue weighted by atomic mass is 10.1. The zero-order chi connectivity index (χ0) is 14.3. The van der Waals surface area contributed by atoms with Crippen molar-refractivity contribution in [1.29, 1.82) is 0 Å². The van der Waals surface area contributed by atoms with Crippen molar-refractivity contribution in [3.63, 3.8) is 0 Å². The molecule has 0 saturated heterocycles. The van der Waals surface area contributed by atoms with E-state index in [1.807, 2.05) is 26.0 Å². The number of fused-ring (bicyclic) bond motifs is 1. The van der Waals surface area contributed by atoms with Crippen LogP contribution in [0.2, 0.25) is 0 Å². The second-order valence-electron chi connectivity index (χ2n) is 4.71. The van der Waals surface area contributed by atoms with Crippen molar-refractivity contribution in [1.82, 2.24) is 19.6 Å². The van der Waals surface area contributed by atoms with Gasteiger partial charge in [-0.1, -0.05) is 0 Å². The van der Waals surface area contributed by atoms with Crippen molar-refractivity contribution in [3.8, 4) is 11.3 Å². The molecule has 100 valence electrons. The molecule has 20 heavy (non-hydrogen) atoms. The molecule has 6 heteroatoms. The number of hydrogen-bond donors (Lipinski definition) is 1. The third-order valence-corrected chi connectivity index (χ3v) is 3.07. The van der Waals surface area contributed by atoms with Gasteiger partial charge in [0.15, 0.2) is 5.65 Å². The van der Waals surface area contributed by atoms with Crippen LogP contribution >= 0.6 is 0 Å². The van der Waals surface area contributed by atoms with Gasteiger partial charge >= 0.3 is 0 Å². The molecule has 0 aliphatic rings. The fourth-order valence-electron chi connectivity index (χ4n) is 2.13. The molecular formula is C14H13N5O. The number of pyridine rings is 1. The van der Waals surface area contributed by atoms with Crippen molar-refractivity contribution in [3.05, 3.63) is 47.5 Å². The lowest BCUT2D eigenvalue weighted by Gasteiger charge is -2.06. The van der Waals surface area contributed by atoms with Crippen molar-refractivity contribution < 1.29 is 4.79 Å². The molecule has 0 aromatic carbocycles. The van der Waals surface area contributed by atoms with Gasteiger partial charge in [-0.15, -0.1) is 0 Å². The number of hydrogen-bond acceptors (Lipinski definition) is 4. The maximum atomic E-state index is 11.4. The van der Waals surface area contributed by atoms with E-state index in [2.05, 4.69) is 15.1 Å². The molecule has 0 spiro atoms. The summed E-state index contributed by atoms with van der Waals surface area (Å²) < 4.78 is 1.48. The van der Waals surface area contributed by atoms with Crippen LogP contribution in [0, 0.1) is 13.8 Å². The van der Waals surface area contributed by atoms with Gasteiger partial charge < -0.3 is 5.73 Å². The van der Waals surface area contributed by atoms with Crippen LogP contribution in [0.3, 0.4) is 0 Å². The molecule has 0 radical (unpaired) electrons. The minimum absolute atomic E-state index is 0.269. The molecule has 1 amide bonds. The number of imidazole rings is 1. The Labute approximate surface area is 115 Å². The predicted molar refractivity (Wildman–Crippen MR) is 74.2 cm³/mol. The molecule has 3 rings (SSSR count). The molecule has 2 N–H and O–H groups in total. The molecule has 0 aliphatic carbocycles. The Balaban J connectivity index is 2.27. The van der Waals surface area contributed by atoms with Crippen LogP contribution in [0.5, 0.6) is 0 Å². The van der Waals surface area contributed by atoms with E-state index in [0.717, 1.165) is 22.4 Å². The summed E-state index contributed by atoms with van der Waals surface area (Å²) in [5, 5.41) is 4.44. The summed E-state index contributed by atoms with van der Waals surface area (Å²) in [7, 11) is 0. The van der Waals surface area contributed by atoms with Crippen LogP contribution in [-0.4, -0.2) is 25.5 Å². The number of carbonyl (C=O) groups is 1. The van der Waals surface area contributed by atoms with Gasteiger partial charge in [0.25, 0.3) is 5.91 Å². The number of amides is 1. The smallest absolute Gasteiger partial charge is 0.269 e. The molecule has 0 fully saturated rings. The number of carbonyl (C=O) groups excluding carboxylic acids is 1. The number of aryl methyl sites for hydroxylation is 2. The molecule has 0 aliphatic heterocycles. The summed E-state index contributed by atoms with van der Waals surface area (Å²) in [6.45, 7) is 3.88. The van der Waals surface area contributed by atoms with Crippen LogP contribution in [0.25, 0.3) is 16.9 Å². The van der Waals surface area contributed by atoms with E-state index in [9.17, 15) is 4.79 Å². The second-order valence-corrected chi connectivity index (χ2v) is 4.71. The van der Waals surface area contributed by atoms with Crippen molar-refractivity contribution in [2.24, 2.45) is 5.73 Å². The summed E-state index contributed by atoms with van der Waals surface area (Å²) in [5.74, 6) is -0.552. The van der Waals surface area contributed by atoms with Gasteiger partial charge in [-0.25, -0.2) is 9.50 Å². The molecule has 0 unspecified atom stereocenters. The van der Waals surface area contributed by atoms with E-state index >= 15 is 0 Å². The minimum Gasteiger partial charge on any atom is -0.364 e. The number of aromatic nitrogens is 4.